The summed E-state index contributed by atoms with van der Waals surface area (Å²) in [5.74, 6) is 0.436. The zero-order valence-electron chi connectivity index (χ0n) is 21.5. The first-order valence-corrected chi connectivity index (χ1v) is 12.7. The molecule has 0 radical (unpaired) electrons. The molecule has 2 N–H and O–H groups in total. The van der Waals surface area contributed by atoms with E-state index >= 15 is 0 Å². The summed E-state index contributed by atoms with van der Waals surface area (Å²) in [7, 11) is 0. The quantitative estimate of drug-likeness (QED) is 0.423. The number of carbonyl (C=O) groups is 1. The third-order valence-corrected chi connectivity index (χ3v) is 7.13. The molecule has 8 heteroatoms. The van der Waals surface area contributed by atoms with Gasteiger partial charge in [0.05, 0.1) is 6.54 Å². The number of piperidine rings is 1. The van der Waals surface area contributed by atoms with Crippen molar-refractivity contribution in [1.29, 1.82) is 0 Å². The van der Waals surface area contributed by atoms with Gasteiger partial charge in [-0.3, -0.25) is 9.36 Å². The lowest BCUT2D eigenvalue weighted by Crippen LogP contribution is -2.47. The average molecular weight is 497 g/mol. The van der Waals surface area contributed by atoms with Crippen molar-refractivity contribution in [2.45, 2.75) is 46.2 Å². The van der Waals surface area contributed by atoms with E-state index in [0.29, 0.717) is 36.6 Å². The van der Waals surface area contributed by atoms with E-state index in [2.05, 4.69) is 15.6 Å². The van der Waals surface area contributed by atoms with Gasteiger partial charge in [-0.25, -0.2) is 14.8 Å². The summed E-state index contributed by atoms with van der Waals surface area (Å²) in [6.45, 7) is 7.77. The molecular weight excluding hydrogens is 464 g/mol. The van der Waals surface area contributed by atoms with Crippen LogP contribution in [0.25, 0.3) is 11.2 Å². The molecule has 1 aliphatic heterocycles. The van der Waals surface area contributed by atoms with Crippen LogP contribution in [-0.4, -0.2) is 39.7 Å². The van der Waals surface area contributed by atoms with Crippen LogP contribution in [0.3, 0.4) is 0 Å². The van der Waals surface area contributed by atoms with Crippen molar-refractivity contribution in [2.75, 3.05) is 23.3 Å². The number of aromatic nitrogens is 3. The number of carbonyl (C=O) groups excluding carboxylic acids is 1. The average Bonchev–Trinajstić information content (AvgIpc) is 2.90. The van der Waals surface area contributed by atoms with Gasteiger partial charge in [-0.05, 0) is 68.5 Å². The van der Waals surface area contributed by atoms with Crippen LogP contribution in [0.4, 0.5) is 16.3 Å². The van der Waals surface area contributed by atoms with E-state index in [1.165, 1.54) is 5.56 Å². The SMILES string of the molecule is Cc1ccc(Cn2c(=O)c(N3CCC(NC(=O)Nc4cccc(C)c4C)CC3)nc3cccnc32)cc1. The number of benzene rings is 2. The number of amides is 2. The third kappa shape index (κ3) is 5.33. The number of hydrogen-bond acceptors (Lipinski definition) is 5. The standard InChI is InChI=1S/C29H32N6O2/c1-19-9-11-22(12-10-19)18-35-26-25(8-5-15-30-26)32-27(28(35)36)34-16-13-23(14-17-34)31-29(37)33-24-7-4-6-20(2)21(24)3/h4-12,15,23H,13-14,16-18H2,1-3H3,(H2,31,33,37). The van der Waals surface area contributed by atoms with Crippen LogP contribution in [0.1, 0.15) is 35.1 Å². The van der Waals surface area contributed by atoms with Crippen LogP contribution in [0.5, 0.6) is 0 Å². The fourth-order valence-corrected chi connectivity index (χ4v) is 4.76. The smallest absolute Gasteiger partial charge is 0.319 e. The summed E-state index contributed by atoms with van der Waals surface area (Å²) in [6.07, 6.45) is 3.14. The molecule has 1 aliphatic rings. The minimum atomic E-state index is -0.206. The molecule has 4 aromatic rings. The van der Waals surface area contributed by atoms with Gasteiger partial charge in [0.1, 0.15) is 5.52 Å². The molecule has 0 spiro atoms. The number of hydrogen-bond donors (Lipinski definition) is 2. The largest absolute Gasteiger partial charge is 0.352 e. The number of nitrogens with zero attached hydrogens (tertiary/aromatic N) is 4. The molecule has 1 saturated heterocycles. The van der Waals surface area contributed by atoms with Crippen LogP contribution in [0.2, 0.25) is 0 Å². The highest BCUT2D eigenvalue weighted by Gasteiger charge is 2.25. The second-order valence-corrected chi connectivity index (χ2v) is 9.77. The van der Waals surface area contributed by atoms with E-state index in [1.54, 1.807) is 10.8 Å². The van der Waals surface area contributed by atoms with Gasteiger partial charge in [-0.1, -0.05) is 42.0 Å². The second kappa shape index (κ2) is 10.4. The fourth-order valence-electron chi connectivity index (χ4n) is 4.76. The Morgan fingerprint density at radius 3 is 2.51 bits per heavy atom. The fraction of sp³-hybridized carbons (Fsp3) is 0.310. The zero-order chi connectivity index (χ0) is 25.9. The molecule has 0 bridgehead atoms. The first-order chi connectivity index (χ1) is 17.9. The van der Waals surface area contributed by atoms with Crippen LogP contribution in [0, 0.1) is 20.8 Å². The summed E-state index contributed by atoms with van der Waals surface area (Å²) < 4.78 is 1.71. The molecule has 5 rings (SSSR count). The third-order valence-electron chi connectivity index (χ3n) is 7.13. The number of aryl methyl sites for hydroxylation is 2. The van der Waals surface area contributed by atoms with Gasteiger partial charge in [0.15, 0.2) is 11.5 Å². The van der Waals surface area contributed by atoms with Gasteiger partial charge in [-0.15, -0.1) is 0 Å². The number of pyridine rings is 1. The Morgan fingerprint density at radius 2 is 1.76 bits per heavy atom. The van der Waals surface area contributed by atoms with E-state index in [1.807, 2.05) is 80.3 Å². The van der Waals surface area contributed by atoms with E-state index in [9.17, 15) is 9.59 Å². The molecule has 0 unspecified atom stereocenters. The van der Waals surface area contributed by atoms with E-state index < -0.39 is 0 Å². The van der Waals surface area contributed by atoms with Crippen molar-refractivity contribution in [3.8, 4) is 0 Å². The second-order valence-electron chi connectivity index (χ2n) is 9.77. The first kappa shape index (κ1) is 24.5. The maximum Gasteiger partial charge on any atom is 0.319 e. The van der Waals surface area contributed by atoms with Crippen molar-refractivity contribution in [2.24, 2.45) is 0 Å². The van der Waals surface area contributed by atoms with E-state index in [0.717, 1.165) is 35.2 Å². The predicted octanol–water partition coefficient (Wildman–Crippen LogP) is 4.56. The van der Waals surface area contributed by atoms with E-state index in [4.69, 9.17) is 4.98 Å². The summed E-state index contributed by atoms with van der Waals surface area (Å²) in [4.78, 5) is 37.4. The van der Waals surface area contributed by atoms with Crippen molar-refractivity contribution in [1.82, 2.24) is 19.9 Å². The van der Waals surface area contributed by atoms with Crippen LogP contribution < -0.4 is 21.1 Å². The van der Waals surface area contributed by atoms with Crippen LogP contribution in [0.15, 0.2) is 65.6 Å². The number of anilines is 2. The van der Waals surface area contributed by atoms with Gasteiger partial charge >= 0.3 is 6.03 Å². The van der Waals surface area contributed by atoms with E-state index in [-0.39, 0.29) is 17.6 Å². The summed E-state index contributed by atoms with van der Waals surface area (Å²) >= 11 is 0. The number of nitrogens with one attached hydrogen (secondary N) is 2. The van der Waals surface area contributed by atoms with Crippen molar-refractivity contribution >= 4 is 28.7 Å². The van der Waals surface area contributed by atoms with Crippen molar-refractivity contribution in [3.63, 3.8) is 0 Å². The molecule has 2 aromatic carbocycles. The van der Waals surface area contributed by atoms with Gasteiger partial charge in [0.25, 0.3) is 5.56 Å². The molecule has 190 valence electrons. The monoisotopic (exact) mass is 496 g/mol. The minimum Gasteiger partial charge on any atom is -0.352 e. The van der Waals surface area contributed by atoms with Crippen LogP contribution >= 0.6 is 0 Å². The zero-order valence-corrected chi connectivity index (χ0v) is 21.5. The minimum absolute atomic E-state index is 0.0262. The lowest BCUT2D eigenvalue weighted by molar-refractivity contribution is 0.246. The van der Waals surface area contributed by atoms with Crippen molar-refractivity contribution < 1.29 is 4.79 Å². The highest BCUT2D eigenvalue weighted by atomic mass is 16.2. The molecule has 1 fully saturated rings. The van der Waals surface area contributed by atoms with Gasteiger partial charge in [-0.2, -0.15) is 0 Å². The molecule has 0 aliphatic carbocycles. The summed E-state index contributed by atoms with van der Waals surface area (Å²) in [5, 5.41) is 6.06. The molecule has 0 atom stereocenters. The lowest BCUT2D eigenvalue weighted by atomic mass is 10.1. The molecule has 3 heterocycles. The van der Waals surface area contributed by atoms with Gasteiger partial charge in [0, 0.05) is 31.0 Å². The van der Waals surface area contributed by atoms with Crippen molar-refractivity contribution in [3.05, 3.63) is 93.4 Å². The highest BCUT2D eigenvalue weighted by Crippen LogP contribution is 2.20. The van der Waals surface area contributed by atoms with Crippen LogP contribution in [-0.2, 0) is 6.54 Å². The lowest BCUT2D eigenvalue weighted by Gasteiger charge is -2.33. The summed E-state index contributed by atoms with van der Waals surface area (Å²) in [6, 6.07) is 17.6. The molecule has 37 heavy (non-hydrogen) atoms. The number of urea groups is 1. The first-order valence-electron chi connectivity index (χ1n) is 12.7. The maximum absolute atomic E-state index is 13.6. The Bertz CT molecular complexity index is 1490. The topological polar surface area (TPSA) is 92.2 Å². The Morgan fingerprint density at radius 1 is 1.00 bits per heavy atom. The Hall–Kier alpha value is -4.20. The predicted molar refractivity (Wildman–Crippen MR) is 147 cm³/mol. The number of rotatable bonds is 5. The maximum atomic E-state index is 13.6. The van der Waals surface area contributed by atoms with Gasteiger partial charge in [0.2, 0.25) is 0 Å². The molecular formula is C29H32N6O2. The summed E-state index contributed by atoms with van der Waals surface area (Å²) in [5.41, 5.74) is 6.35. The molecule has 2 amide bonds. The number of fused-ring (bicyclic) bond motifs is 1. The molecule has 2 aromatic heterocycles. The molecule has 0 saturated carbocycles. The Balaban J connectivity index is 1.30. The highest BCUT2D eigenvalue weighted by molar-refractivity contribution is 5.90. The van der Waals surface area contributed by atoms with Gasteiger partial charge < -0.3 is 15.5 Å². The Labute approximate surface area is 216 Å². The molecule has 8 nitrogen and oxygen atoms in total. The normalized spacial score (nSPS) is 14.1. The Kier molecular flexibility index (Phi) is 6.90.